The maximum Gasteiger partial charge on any atom is 0.120 e. The average Bonchev–Trinajstić information content (AvgIpc) is 2.16. The van der Waals surface area contributed by atoms with Crippen LogP contribution in [0, 0.1) is 6.92 Å². The van der Waals surface area contributed by atoms with Crippen molar-refractivity contribution in [3.05, 3.63) is 29.3 Å². The molecule has 0 aliphatic rings. The van der Waals surface area contributed by atoms with Gasteiger partial charge in [-0.05, 0) is 30.5 Å². The van der Waals surface area contributed by atoms with Crippen molar-refractivity contribution in [2.75, 3.05) is 5.48 Å². The smallest absolute Gasteiger partial charge is 0.120 e. The van der Waals surface area contributed by atoms with E-state index in [9.17, 15) is 4.79 Å². The number of anilines is 1. The summed E-state index contributed by atoms with van der Waals surface area (Å²) in [5, 5.41) is 8.75. The zero-order valence-electron chi connectivity index (χ0n) is 7.58. The molecule has 0 bridgehead atoms. The fourth-order valence-corrected chi connectivity index (χ4v) is 1.29. The highest BCUT2D eigenvalue weighted by Gasteiger charge is 2.01. The molecule has 1 aromatic rings. The van der Waals surface area contributed by atoms with Crippen molar-refractivity contribution in [1.29, 1.82) is 0 Å². The quantitative estimate of drug-likeness (QED) is 0.548. The highest BCUT2D eigenvalue weighted by molar-refractivity contribution is 5.55. The number of benzene rings is 1. The van der Waals surface area contributed by atoms with E-state index >= 15 is 0 Å². The van der Waals surface area contributed by atoms with Gasteiger partial charge >= 0.3 is 0 Å². The highest BCUT2D eigenvalue weighted by atomic mass is 16.5. The second-order valence-electron chi connectivity index (χ2n) is 2.91. The van der Waals surface area contributed by atoms with Gasteiger partial charge in [0.25, 0.3) is 0 Å². The van der Waals surface area contributed by atoms with E-state index in [1.807, 2.05) is 19.1 Å². The van der Waals surface area contributed by atoms with Gasteiger partial charge in [-0.2, -0.15) is 0 Å². The van der Waals surface area contributed by atoms with Crippen LogP contribution in [0.2, 0.25) is 0 Å². The molecule has 3 heteroatoms. The number of nitrogens with one attached hydrogen (secondary N) is 1. The van der Waals surface area contributed by atoms with Crippen LogP contribution < -0.4 is 5.48 Å². The van der Waals surface area contributed by atoms with Gasteiger partial charge in [0, 0.05) is 6.42 Å². The first-order valence-corrected chi connectivity index (χ1v) is 4.22. The van der Waals surface area contributed by atoms with Crippen LogP contribution in [0.25, 0.3) is 0 Å². The maximum absolute atomic E-state index is 10.2. The SMILES string of the molecule is Cc1c(CCC=O)cccc1NO. The molecular weight excluding hydrogens is 166 g/mol. The lowest BCUT2D eigenvalue weighted by Gasteiger charge is -2.08. The van der Waals surface area contributed by atoms with Crippen LogP contribution in [0.1, 0.15) is 17.5 Å². The second-order valence-corrected chi connectivity index (χ2v) is 2.91. The third kappa shape index (κ3) is 2.29. The molecule has 0 radical (unpaired) electrons. The summed E-state index contributed by atoms with van der Waals surface area (Å²) in [5.74, 6) is 0. The topological polar surface area (TPSA) is 49.3 Å². The van der Waals surface area contributed by atoms with Gasteiger partial charge in [-0.1, -0.05) is 12.1 Å². The van der Waals surface area contributed by atoms with Gasteiger partial charge in [0.15, 0.2) is 0 Å². The Morgan fingerprint density at radius 1 is 1.54 bits per heavy atom. The van der Waals surface area contributed by atoms with Gasteiger partial charge in [0.1, 0.15) is 6.29 Å². The number of aryl methyl sites for hydroxylation is 1. The van der Waals surface area contributed by atoms with Crippen molar-refractivity contribution in [3.8, 4) is 0 Å². The highest BCUT2D eigenvalue weighted by Crippen LogP contribution is 2.18. The summed E-state index contributed by atoms with van der Waals surface area (Å²) in [6.07, 6.45) is 2.15. The Morgan fingerprint density at radius 3 is 2.92 bits per heavy atom. The fraction of sp³-hybridized carbons (Fsp3) is 0.300. The van der Waals surface area contributed by atoms with Gasteiger partial charge in [-0.3, -0.25) is 10.7 Å². The zero-order valence-corrected chi connectivity index (χ0v) is 7.58. The van der Waals surface area contributed by atoms with E-state index in [4.69, 9.17) is 5.21 Å². The van der Waals surface area contributed by atoms with E-state index in [2.05, 4.69) is 5.48 Å². The largest absolute Gasteiger partial charge is 0.303 e. The Bertz CT molecular complexity index is 297. The Hall–Kier alpha value is -1.35. The summed E-state index contributed by atoms with van der Waals surface area (Å²) in [5.41, 5.74) is 4.90. The summed E-state index contributed by atoms with van der Waals surface area (Å²) in [6, 6.07) is 5.60. The summed E-state index contributed by atoms with van der Waals surface area (Å²) < 4.78 is 0. The van der Waals surface area contributed by atoms with Crippen LogP contribution in [-0.2, 0) is 11.2 Å². The molecule has 70 valence electrons. The number of hydrogen-bond donors (Lipinski definition) is 2. The molecule has 3 nitrogen and oxygen atoms in total. The molecule has 0 saturated carbocycles. The molecule has 13 heavy (non-hydrogen) atoms. The monoisotopic (exact) mass is 179 g/mol. The van der Waals surface area contributed by atoms with Gasteiger partial charge < -0.3 is 4.79 Å². The molecule has 0 spiro atoms. The molecule has 0 aliphatic heterocycles. The van der Waals surface area contributed by atoms with Crippen molar-refractivity contribution in [2.45, 2.75) is 19.8 Å². The van der Waals surface area contributed by atoms with Gasteiger partial charge in [-0.25, -0.2) is 0 Å². The van der Waals surface area contributed by atoms with Crippen LogP contribution in [0.5, 0.6) is 0 Å². The standard InChI is InChI=1S/C10H13NO2/c1-8-9(5-3-7-12)4-2-6-10(8)11-13/h2,4,6-7,11,13H,3,5H2,1H3. The average molecular weight is 179 g/mol. The van der Waals surface area contributed by atoms with Crippen molar-refractivity contribution < 1.29 is 10.0 Å². The Morgan fingerprint density at radius 2 is 2.31 bits per heavy atom. The first-order valence-electron chi connectivity index (χ1n) is 4.22. The lowest BCUT2D eigenvalue weighted by Crippen LogP contribution is -1.97. The third-order valence-electron chi connectivity index (χ3n) is 2.10. The molecule has 1 aromatic carbocycles. The van der Waals surface area contributed by atoms with E-state index in [1.54, 1.807) is 6.07 Å². The lowest BCUT2D eigenvalue weighted by molar-refractivity contribution is -0.107. The Labute approximate surface area is 77.4 Å². The summed E-state index contributed by atoms with van der Waals surface area (Å²) in [7, 11) is 0. The van der Waals surface area contributed by atoms with Crippen LogP contribution in [-0.4, -0.2) is 11.5 Å². The van der Waals surface area contributed by atoms with E-state index in [-0.39, 0.29) is 0 Å². The Kier molecular flexibility index (Phi) is 3.46. The first kappa shape index (κ1) is 9.74. The summed E-state index contributed by atoms with van der Waals surface area (Å²) in [6.45, 7) is 1.92. The van der Waals surface area contributed by atoms with E-state index in [0.717, 1.165) is 23.8 Å². The molecule has 2 N–H and O–H groups in total. The Balaban J connectivity index is 2.87. The molecule has 0 amide bonds. The van der Waals surface area contributed by atoms with E-state index in [1.165, 1.54) is 0 Å². The first-order chi connectivity index (χ1) is 6.29. The number of aldehydes is 1. The minimum absolute atomic E-state index is 0.524. The van der Waals surface area contributed by atoms with Gasteiger partial charge in [0.05, 0.1) is 5.69 Å². The third-order valence-corrected chi connectivity index (χ3v) is 2.10. The second kappa shape index (κ2) is 4.62. The number of carbonyl (C=O) groups is 1. The van der Waals surface area contributed by atoms with Crippen molar-refractivity contribution >= 4 is 12.0 Å². The predicted molar refractivity (Wildman–Crippen MR) is 51.0 cm³/mol. The molecular formula is C10H13NO2. The van der Waals surface area contributed by atoms with Crippen LogP contribution in [0.4, 0.5) is 5.69 Å². The molecule has 1 rings (SSSR count). The van der Waals surface area contributed by atoms with E-state index < -0.39 is 0 Å². The minimum Gasteiger partial charge on any atom is -0.303 e. The summed E-state index contributed by atoms with van der Waals surface area (Å²) in [4.78, 5) is 10.2. The van der Waals surface area contributed by atoms with Crippen molar-refractivity contribution in [1.82, 2.24) is 0 Å². The number of hydrogen-bond acceptors (Lipinski definition) is 3. The molecule has 0 heterocycles. The predicted octanol–water partition coefficient (Wildman–Crippen LogP) is 1.93. The fourth-order valence-electron chi connectivity index (χ4n) is 1.29. The van der Waals surface area contributed by atoms with Gasteiger partial charge in [0.2, 0.25) is 0 Å². The lowest BCUT2D eigenvalue weighted by atomic mass is 10.0. The van der Waals surface area contributed by atoms with Gasteiger partial charge in [-0.15, -0.1) is 0 Å². The maximum atomic E-state index is 10.2. The molecule has 0 aliphatic carbocycles. The van der Waals surface area contributed by atoms with Crippen LogP contribution in [0.3, 0.4) is 0 Å². The molecule has 0 aromatic heterocycles. The number of rotatable bonds is 4. The molecule has 0 unspecified atom stereocenters. The van der Waals surface area contributed by atoms with Crippen molar-refractivity contribution in [2.24, 2.45) is 0 Å². The summed E-state index contributed by atoms with van der Waals surface area (Å²) >= 11 is 0. The van der Waals surface area contributed by atoms with Crippen LogP contribution in [0.15, 0.2) is 18.2 Å². The normalized spacial score (nSPS) is 9.69. The molecule has 0 saturated heterocycles. The number of carbonyl (C=O) groups excluding carboxylic acids is 1. The van der Waals surface area contributed by atoms with Crippen LogP contribution >= 0.6 is 0 Å². The van der Waals surface area contributed by atoms with E-state index in [0.29, 0.717) is 12.1 Å². The zero-order chi connectivity index (χ0) is 9.68. The molecule has 0 fully saturated rings. The molecule has 0 atom stereocenters. The minimum atomic E-state index is 0.524. The van der Waals surface area contributed by atoms with Crippen molar-refractivity contribution in [3.63, 3.8) is 0 Å².